The molecule has 21 heavy (non-hydrogen) atoms. The maximum atomic E-state index is 12.6. The molecule has 1 heterocycles. The Morgan fingerprint density at radius 3 is 2.05 bits per heavy atom. The third kappa shape index (κ3) is 2.32. The summed E-state index contributed by atoms with van der Waals surface area (Å²) in [5, 5.41) is 1.74. The molecule has 0 spiro atoms. The number of nitrogens with zero attached hydrogens (tertiary/aromatic N) is 1. The van der Waals surface area contributed by atoms with Crippen molar-refractivity contribution >= 4 is 22.6 Å². The number of imide groups is 1. The van der Waals surface area contributed by atoms with E-state index in [2.05, 4.69) is 14.1 Å². The predicted octanol–water partition coefficient (Wildman–Crippen LogP) is 0.970. The fourth-order valence-electron chi connectivity index (χ4n) is 2.87. The summed E-state index contributed by atoms with van der Waals surface area (Å²) in [5.41, 5.74) is 1.28. The van der Waals surface area contributed by atoms with Crippen molar-refractivity contribution in [3.63, 3.8) is 0 Å². The molecule has 0 aromatic heterocycles. The van der Waals surface area contributed by atoms with Crippen molar-refractivity contribution in [2.45, 2.75) is 6.42 Å². The zero-order valence-electron chi connectivity index (χ0n) is 12.3. The molecule has 0 bridgehead atoms. The number of hydrogen-bond acceptors (Lipinski definition) is 2. The van der Waals surface area contributed by atoms with Crippen LogP contribution in [0, 0.1) is 0 Å². The lowest BCUT2D eigenvalue weighted by molar-refractivity contribution is -0.858. The molecule has 4 heteroatoms. The number of carbonyl (C=O) groups is 2. The first-order valence-electron chi connectivity index (χ1n) is 7.26. The number of benzene rings is 2. The van der Waals surface area contributed by atoms with Crippen LogP contribution in [-0.4, -0.2) is 43.9 Å². The molecule has 1 aliphatic rings. The second-order valence-corrected chi connectivity index (χ2v) is 5.78. The van der Waals surface area contributed by atoms with Gasteiger partial charge in [0.2, 0.25) is 0 Å². The van der Waals surface area contributed by atoms with Gasteiger partial charge in [-0.15, -0.1) is 0 Å². The summed E-state index contributed by atoms with van der Waals surface area (Å²) < 4.78 is 0. The van der Waals surface area contributed by atoms with E-state index in [1.165, 1.54) is 9.80 Å². The van der Waals surface area contributed by atoms with Gasteiger partial charge in [-0.25, -0.2) is 0 Å². The van der Waals surface area contributed by atoms with Crippen LogP contribution in [0.2, 0.25) is 0 Å². The molecule has 2 aromatic rings. The van der Waals surface area contributed by atoms with Gasteiger partial charge in [0.25, 0.3) is 11.8 Å². The topological polar surface area (TPSA) is 41.8 Å². The average molecular weight is 283 g/mol. The lowest BCUT2D eigenvalue weighted by atomic mass is 9.94. The van der Waals surface area contributed by atoms with Crippen molar-refractivity contribution in [1.82, 2.24) is 4.90 Å². The molecule has 4 nitrogen and oxygen atoms in total. The number of carbonyl (C=O) groups excluding carboxylic acids is 2. The summed E-state index contributed by atoms with van der Waals surface area (Å²) in [4.78, 5) is 27.9. The zero-order chi connectivity index (χ0) is 15.0. The lowest BCUT2D eigenvalue weighted by Gasteiger charge is -2.27. The van der Waals surface area contributed by atoms with Gasteiger partial charge in [-0.2, -0.15) is 0 Å². The minimum Gasteiger partial charge on any atom is -0.340 e. The largest absolute Gasteiger partial charge is 0.340 e. The fraction of sp³-hybridized carbons (Fsp3) is 0.294. The summed E-state index contributed by atoms with van der Waals surface area (Å²) in [5.74, 6) is -0.337. The molecular formula is C17H19N2O2+. The van der Waals surface area contributed by atoms with Crippen LogP contribution >= 0.6 is 0 Å². The summed E-state index contributed by atoms with van der Waals surface area (Å²) in [6.07, 6.45) is 0.817. The van der Waals surface area contributed by atoms with Gasteiger partial charge in [0.15, 0.2) is 0 Å². The number of rotatable bonds is 4. The Hall–Kier alpha value is -2.20. The van der Waals surface area contributed by atoms with Gasteiger partial charge >= 0.3 is 0 Å². The molecule has 0 atom stereocenters. The van der Waals surface area contributed by atoms with Crippen LogP contribution < -0.4 is 4.90 Å². The highest BCUT2D eigenvalue weighted by molar-refractivity contribution is 6.25. The van der Waals surface area contributed by atoms with Gasteiger partial charge in [-0.3, -0.25) is 14.5 Å². The summed E-state index contributed by atoms with van der Waals surface area (Å²) in [6.45, 7) is 1.41. The maximum absolute atomic E-state index is 12.6. The summed E-state index contributed by atoms with van der Waals surface area (Å²) in [7, 11) is 4.13. The molecular weight excluding hydrogens is 264 g/mol. The molecule has 2 aromatic carbocycles. The minimum atomic E-state index is -0.168. The zero-order valence-corrected chi connectivity index (χ0v) is 12.3. The van der Waals surface area contributed by atoms with Crippen molar-refractivity contribution in [2.75, 3.05) is 27.2 Å². The van der Waals surface area contributed by atoms with Crippen LogP contribution in [0.5, 0.6) is 0 Å². The monoisotopic (exact) mass is 283 g/mol. The highest BCUT2D eigenvalue weighted by atomic mass is 16.2. The standard InChI is InChI=1S/C17H18N2O2/c1-18(2)10-5-11-19-16(20)13-8-3-6-12-7-4-9-14(15(12)13)17(19)21/h3-4,6-9H,5,10-11H2,1-2H3/p+1. The van der Waals surface area contributed by atoms with E-state index in [4.69, 9.17) is 0 Å². The highest BCUT2D eigenvalue weighted by Crippen LogP contribution is 2.29. The van der Waals surface area contributed by atoms with Crippen LogP contribution in [0.1, 0.15) is 27.1 Å². The smallest absolute Gasteiger partial charge is 0.261 e. The SMILES string of the molecule is C[NH+](C)CCCN1C(=O)c2cccc3cccc(c23)C1=O. The quantitative estimate of drug-likeness (QED) is 0.850. The molecule has 108 valence electrons. The number of nitrogens with one attached hydrogen (secondary N) is 1. The second-order valence-electron chi connectivity index (χ2n) is 5.78. The Morgan fingerprint density at radius 1 is 0.952 bits per heavy atom. The van der Waals surface area contributed by atoms with E-state index in [0.29, 0.717) is 17.7 Å². The van der Waals surface area contributed by atoms with Crippen molar-refractivity contribution in [3.8, 4) is 0 Å². The molecule has 0 saturated heterocycles. The van der Waals surface area contributed by atoms with Gasteiger partial charge < -0.3 is 4.90 Å². The van der Waals surface area contributed by atoms with E-state index >= 15 is 0 Å². The third-order valence-corrected chi connectivity index (χ3v) is 3.91. The minimum absolute atomic E-state index is 0.168. The van der Waals surface area contributed by atoms with Gasteiger partial charge in [0.1, 0.15) is 0 Å². The number of hydrogen-bond donors (Lipinski definition) is 1. The van der Waals surface area contributed by atoms with Crippen molar-refractivity contribution in [2.24, 2.45) is 0 Å². The van der Waals surface area contributed by atoms with Crippen molar-refractivity contribution < 1.29 is 14.5 Å². The van der Waals surface area contributed by atoms with Crippen LogP contribution in [0.3, 0.4) is 0 Å². The first kappa shape index (κ1) is 13.8. The fourth-order valence-corrected chi connectivity index (χ4v) is 2.87. The van der Waals surface area contributed by atoms with Crippen LogP contribution in [0.25, 0.3) is 10.8 Å². The van der Waals surface area contributed by atoms with Crippen LogP contribution in [0.15, 0.2) is 36.4 Å². The summed E-state index contributed by atoms with van der Waals surface area (Å²) >= 11 is 0. The first-order chi connectivity index (χ1) is 10.1. The van der Waals surface area contributed by atoms with Crippen LogP contribution in [-0.2, 0) is 0 Å². The van der Waals surface area contributed by atoms with E-state index in [1.807, 2.05) is 36.4 Å². The number of quaternary nitrogens is 1. The predicted molar refractivity (Wildman–Crippen MR) is 81.6 cm³/mol. The molecule has 0 fully saturated rings. The Labute approximate surface area is 124 Å². The molecule has 0 unspecified atom stereocenters. The van der Waals surface area contributed by atoms with E-state index in [9.17, 15) is 9.59 Å². The molecule has 1 N–H and O–H groups in total. The van der Waals surface area contributed by atoms with E-state index in [0.717, 1.165) is 23.7 Å². The molecule has 0 aliphatic carbocycles. The Bertz CT molecular complexity index is 671. The maximum Gasteiger partial charge on any atom is 0.261 e. The Morgan fingerprint density at radius 2 is 1.52 bits per heavy atom. The molecule has 0 saturated carbocycles. The van der Waals surface area contributed by atoms with Gasteiger partial charge in [-0.1, -0.05) is 24.3 Å². The van der Waals surface area contributed by atoms with Crippen molar-refractivity contribution in [1.29, 1.82) is 0 Å². The lowest BCUT2D eigenvalue weighted by Crippen LogP contribution is -3.05. The normalized spacial score (nSPS) is 14.3. The van der Waals surface area contributed by atoms with E-state index in [1.54, 1.807) is 0 Å². The van der Waals surface area contributed by atoms with E-state index < -0.39 is 0 Å². The summed E-state index contributed by atoms with van der Waals surface area (Å²) in [6, 6.07) is 11.2. The second kappa shape index (κ2) is 5.30. The average Bonchev–Trinajstić information content (AvgIpc) is 2.47. The molecule has 1 aliphatic heterocycles. The Balaban J connectivity index is 1.99. The van der Waals surface area contributed by atoms with Gasteiger partial charge in [0.05, 0.1) is 20.6 Å². The van der Waals surface area contributed by atoms with E-state index in [-0.39, 0.29) is 11.8 Å². The highest BCUT2D eigenvalue weighted by Gasteiger charge is 2.32. The molecule has 2 amide bonds. The third-order valence-electron chi connectivity index (χ3n) is 3.91. The first-order valence-corrected chi connectivity index (χ1v) is 7.26. The number of amides is 2. The van der Waals surface area contributed by atoms with Crippen LogP contribution in [0.4, 0.5) is 0 Å². The van der Waals surface area contributed by atoms with Crippen molar-refractivity contribution in [3.05, 3.63) is 47.5 Å². The van der Waals surface area contributed by atoms with Gasteiger partial charge in [0, 0.05) is 29.5 Å². The molecule has 3 rings (SSSR count). The van der Waals surface area contributed by atoms with Gasteiger partial charge in [-0.05, 0) is 17.5 Å². The molecule has 0 radical (unpaired) electrons. The Kier molecular flexibility index (Phi) is 3.47.